The van der Waals surface area contributed by atoms with Gasteiger partial charge in [-0.15, -0.1) is 0 Å². The van der Waals surface area contributed by atoms with Gasteiger partial charge in [0.15, 0.2) is 18.1 Å². The number of fused-ring (bicyclic) bond motifs is 1. The second-order valence-corrected chi connectivity index (χ2v) is 9.43. The second kappa shape index (κ2) is 10.2. The van der Waals surface area contributed by atoms with Gasteiger partial charge in [-0.25, -0.2) is 14.4 Å². The molecule has 1 saturated heterocycles. The molecule has 2 heterocycles. The van der Waals surface area contributed by atoms with Gasteiger partial charge in [0.25, 0.3) is 0 Å². The number of likely N-dealkylation sites (tertiary alicyclic amines) is 1. The normalized spacial score (nSPS) is 22.4. The molecule has 2 amide bonds. The van der Waals surface area contributed by atoms with Crippen molar-refractivity contribution >= 4 is 18.2 Å². The van der Waals surface area contributed by atoms with Crippen LogP contribution in [0.25, 0.3) is 0 Å². The highest BCUT2D eigenvalue weighted by Gasteiger charge is 2.43. The summed E-state index contributed by atoms with van der Waals surface area (Å²) in [4.78, 5) is 37.5. The van der Waals surface area contributed by atoms with E-state index in [1.807, 2.05) is 25.7 Å². The lowest BCUT2D eigenvalue weighted by Gasteiger charge is -2.25. The largest absolute Gasteiger partial charge is 0.461 e. The molecule has 0 spiro atoms. The van der Waals surface area contributed by atoms with Crippen LogP contribution in [0.4, 0.5) is 9.59 Å². The van der Waals surface area contributed by atoms with E-state index in [4.69, 9.17) is 18.7 Å². The average molecular weight is 452 g/mol. The van der Waals surface area contributed by atoms with E-state index in [1.54, 1.807) is 6.92 Å². The Bertz CT molecular complexity index is 803. The topological polar surface area (TPSA) is 120 Å². The summed E-state index contributed by atoms with van der Waals surface area (Å²) < 4.78 is 20.4. The standard InChI is InChI=1S/C22H33N3O7/c1-5-29-19(26)18-10-17(32-24-18)13-30-20(27)23-7-6-14-8-15-11-25(12-16(15)9-14)21(28)31-22(2,3)4/h10,14-16H,5-9,11-13H2,1-4H3,(H,23,27)/t14?,15-,16+. The van der Waals surface area contributed by atoms with E-state index in [1.165, 1.54) is 6.07 Å². The number of carbonyl (C=O) groups excluding carboxylic acids is 3. The maximum atomic E-state index is 12.3. The van der Waals surface area contributed by atoms with E-state index in [2.05, 4.69) is 10.5 Å². The monoisotopic (exact) mass is 451 g/mol. The summed E-state index contributed by atoms with van der Waals surface area (Å²) >= 11 is 0. The predicted octanol–water partition coefficient (Wildman–Crippen LogP) is 3.36. The molecule has 3 atom stereocenters. The zero-order chi connectivity index (χ0) is 23.3. The fourth-order valence-corrected chi connectivity index (χ4v) is 4.38. The van der Waals surface area contributed by atoms with Gasteiger partial charge in [-0.3, -0.25) is 0 Å². The Labute approximate surface area is 187 Å². The highest BCUT2D eigenvalue weighted by atomic mass is 16.6. The van der Waals surface area contributed by atoms with Crippen molar-refractivity contribution in [3.05, 3.63) is 17.5 Å². The molecule has 1 aromatic heterocycles. The summed E-state index contributed by atoms with van der Waals surface area (Å²) in [5.74, 6) is 1.20. The molecule has 1 saturated carbocycles. The van der Waals surface area contributed by atoms with E-state index >= 15 is 0 Å². The molecule has 0 bridgehead atoms. The number of alkyl carbamates (subject to hydrolysis) is 1. The Morgan fingerprint density at radius 1 is 1.19 bits per heavy atom. The van der Waals surface area contributed by atoms with Crippen LogP contribution in [-0.2, 0) is 20.8 Å². The first-order valence-electron chi connectivity index (χ1n) is 11.2. The molecule has 1 aliphatic heterocycles. The Hall–Kier alpha value is -2.78. The zero-order valence-corrected chi connectivity index (χ0v) is 19.2. The Balaban J connectivity index is 1.31. The molecule has 10 nitrogen and oxygen atoms in total. The van der Waals surface area contributed by atoms with Gasteiger partial charge in [-0.05, 0) is 64.7 Å². The van der Waals surface area contributed by atoms with Crippen molar-refractivity contribution in [1.82, 2.24) is 15.4 Å². The molecular weight excluding hydrogens is 418 g/mol. The summed E-state index contributed by atoms with van der Waals surface area (Å²) in [5.41, 5.74) is -0.434. The Morgan fingerprint density at radius 3 is 2.50 bits per heavy atom. The number of carbonyl (C=O) groups is 3. The van der Waals surface area contributed by atoms with E-state index in [0.717, 1.165) is 32.4 Å². The van der Waals surface area contributed by atoms with Crippen molar-refractivity contribution in [2.75, 3.05) is 26.2 Å². The maximum absolute atomic E-state index is 12.3. The van der Waals surface area contributed by atoms with Crippen LogP contribution in [-0.4, -0.2) is 60.1 Å². The highest BCUT2D eigenvalue weighted by molar-refractivity contribution is 5.87. The molecule has 1 N–H and O–H groups in total. The third kappa shape index (κ3) is 6.61. The lowest BCUT2D eigenvalue weighted by Crippen LogP contribution is -2.36. The molecule has 178 valence electrons. The summed E-state index contributed by atoms with van der Waals surface area (Å²) in [6, 6.07) is 1.39. The molecule has 1 aliphatic carbocycles. The molecular formula is C22H33N3O7. The van der Waals surface area contributed by atoms with Gasteiger partial charge in [0.2, 0.25) is 0 Å². The third-order valence-electron chi connectivity index (χ3n) is 5.71. The smallest absolute Gasteiger partial charge is 0.410 e. The van der Waals surface area contributed by atoms with Crippen molar-refractivity contribution < 1.29 is 33.1 Å². The first-order valence-corrected chi connectivity index (χ1v) is 11.2. The minimum Gasteiger partial charge on any atom is -0.461 e. The second-order valence-electron chi connectivity index (χ2n) is 9.43. The minimum absolute atomic E-state index is 0.0443. The summed E-state index contributed by atoms with van der Waals surface area (Å²) in [6.45, 7) is 9.46. The zero-order valence-electron chi connectivity index (χ0n) is 19.2. The first kappa shape index (κ1) is 23.9. The number of esters is 1. The molecule has 0 radical (unpaired) electrons. The first-order chi connectivity index (χ1) is 15.1. The summed E-state index contributed by atoms with van der Waals surface area (Å²) in [6.07, 6.45) is 2.19. The number of rotatable bonds is 7. The SMILES string of the molecule is CCOC(=O)c1cc(COC(=O)NCCC2C[C@@H]3CN(C(=O)OC(C)(C)C)C[C@@H]3C2)on1. The number of amides is 2. The molecule has 1 aromatic rings. The van der Waals surface area contributed by atoms with Gasteiger partial charge < -0.3 is 29.0 Å². The number of hydrogen-bond donors (Lipinski definition) is 1. The molecule has 1 unspecified atom stereocenters. The summed E-state index contributed by atoms with van der Waals surface area (Å²) in [5, 5.41) is 6.34. The lowest BCUT2D eigenvalue weighted by molar-refractivity contribution is 0.0277. The molecule has 10 heteroatoms. The fourth-order valence-electron chi connectivity index (χ4n) is 4.38. The van der Waals surface area contributed by atoms with Gasteiger partial charge in [0.05, 0.1) is 6.61 Å². The highest BCUT2D eigenvalue weighted by Crippen LogP contribution is 2.43. The average Bonchev–Trinajstić information content (AvgIpc) is 3.40. The number of nitrogens with zero attached hydrogens (tertiary/aromatic N) is 2. The van der Waals surface area contributed by atoms with Crippen molar-refractivity contribution in [3.8, 4) is 0 Å². The van der Waals surface area contributed by atoms with E-state index in [-0.39, 0.29) is 30.8 Å². The van der Waals surface area contributed by atoms with Gasteiger partial charge in [-0.2, -0.15) is 0 Å². The van der Waals surface area contributed by atoms with E-state index in [0.29, 0.717) is 24.3 Å². The molecule has 32 heavy (non-hydrogen) atoms. The van der Waals surface area contributed by atoms with Gasteiger partial charge in [-0.1, -0.05) is 5.16 Å². The van der Waals surface area contributed by atoms with Crippen LogP contribution in [0.5, 0.6) is 0 Å². The quantitative estimate of drug-likeness (QED) is 0.495. The number of aromatic nitrogens is 1. The van der Waals surface area contributed by atoms with Crippen LogP contribution in [0, 0.1) is 17.8 Å². The number of nitrogens with one attached hydrogen (secondary N) is 1. The van der Waals surface area contributed by atoms with Crippen molar-refractivity contribution in [1.29, 1.82) is 0 Å². The van der Waals surface area contributed by atoms with Crippen LogP contribution in [0.15, 0.2) is 10.6 Å². The van der Waals surface area contributed by atoms with Gasteiger partial charge in [0, 0.05) is 25.7 Å². The fraction of sp³-hybridized carbons (Fsp3) is 0.727. The van der Waals surface area contributed by atoms with Crippen LogP contribution < -0.4 is 5.32 Å². The number of ether oxygens (including phenoxy) is 3. The van der Waals surface area contributed by atoms with Gasteiger partial charge in [0.1, 0.15) is 5.60 Å². The van der Waals surface area contributed by atoms with E-state index in [9.17, 15) is 14.4 Å². The summed E-state index contributed by atoms with van der Waals surface area (Å²) in [7, 11) is 0. The van der Waals surface area contributed by atoms with E-state index < -0.39 is 17.7 Å². The number of hydrogen-bond acceptors (Lipinski definition) is 8. The molecule has 2 fully saturated rings. The Morgan fingerprint density at radius 2 is 1.88 bits per heavy atom. The van der Waals surface area contributed by atoms with Crippen LogP contribution >= 0.6 is 0 Å². The lowest BCUT2D eigenvalue weighted by atomic mass is 10.0. The van der Waals surface area contributed by atoms with Gasteiger partial charge >= 0.3 is 18.2 Å². The molecule has 2 aliphatic rings. The third-order valence-corrected chi connectivity index (χ3v) is 5.71. The predicted molar refractivity (Wildman–Crippen MR) is 113 cm³/mol. The molecule has 0 aromatic carbocycles. The van der Waals surface area contributed by atoms with Crippen LogP contribution in [0.2, 0.25) is 0 Å². The van der Waals surface area contributed by atoms with Crippen molar-refractivity contribution in [2.45, 2.75) is 59.2 Å². The van der Waals surface area contributed by atoms with Crippen LogP contribution in [0.3, 0.4) is 0 Å². The Kier molecular flexibility index (Phi) is 7.63. The van der Waals surface area contributed by atoms with Crippen molar-refractivity contribution in [2.24, 2.45) is 17.8 Å². The minimum atomic E-state index is -0.581. The van der Waals surface area contributed by atoms with Crippen LogP contribution in [0.1, 0.15) is 63.2 Å². The van der Waals surface area contributed by atoms with Crippen molar-refractivity contribution in [3.63, 3.8) is 0 Å². The molecule has 3 rings (SSSR count). The maximum Gasteiger partial charge on any atom is 0.410 e.